The second kappa shape index (κ2) is 7.25. The molecule has 0 heterocycles. The molecule has 0 aliphatic carbocycles. The van der Waals surface area contributed by atoms with Crippen molar-refractivity contribution >= 4 is 18.3 Å². The van der Waals surface area contributed by atoms with E-state index < -0.39 is 6.04 Å². The zero-order valence-corrected chi connectivity index (χ0v) is 10.5. The van der Waals surface area contributed by atoms with Crippen LogP contribution in [0.4, 0.5) is 0 Å². The molecule has 0 aliphatic rings. The summed E-state index contributed by atoms with van der Waals surface area (Å²) in [5.74, 6) is 0.215. The fourth-order valence-corrected chi connectivity index (χ4v) is 1.31. The Bertz CT molecular complexity index is 314. The first kappa shape index (κ1) is 14.9. The van der Waals surface area contributed by atoms with E-state index in [1.54, 1.807) is 6.92 Å². The summed E-state index contributed by atoms with van der Waals surface area (Å²) in [6.45, 7) is 4.39. The molecule has 0 saturated carbocycles. The van der Waals surface area contributed by atoms with Crippen LogP contribution in [0.2, 0.25) is 0 Å². The monoisotopic (exact) mass is 242 g/mol. The van der Waals surface area contributed by atoms with Crippen molar-refractivity contribution in [3.05, 3.63) is 35.9 Å². The van der Waals surface area contributed by atoms with Gasteiger partial charge in [-0.25, -0.2) is 0 Å². The highest BCUT2D eigenvalue weighted by Crippen LogP contribution is 2.12. The van der Waals surface area contributed by atoms with Gasteiger partial charge in [-0.15, -0.1) is 12.4 Å². The molecule has 0 spiro atoms. The summed E-state index contributed by atoms with van der Waals surface area (Å²) < 4.78 is 0. The molecule has 1 aromatic rings. The Hall–Kier alpha value is -1.06. The standard InChI is InChI=1S/C12H18N2O.ClH/c1-9(8-14-12(15)10(2)13)11-6-4-3-5-7-11;/h3-7,9-10H,8,13H2,1-2H3,(H,14,15);1H/t9?,10-;/m1./s1. The lowest BCUT2D eigenvalue weighted by atomic mass is 10.0. The fourth-order valence-electron chi connectivity index (χ4n) is 1.31. The van der Waals surface area contributed by atoms with Gasteiger partial charge >= 0.3 is 0 Å². The molecule has 0 fully saturated rings. The topological polar surface area (TPSA) is 55.1 Å². The largest absolute Gasteiger partial charge is 0.354 e. The Kier molecular flexibility index (Phi) is 6.77. The summed E-state index contributed by atoms with van der Waals surface area (Å²) in [6, 6.07) is 9.66. The van der Waals surface area contributed by atoms with Crippen LogP contribution in [-0.2, 0) is 4.79 Å². The molecule has 0 radical (unpaired) electrons. The van der Waals surface area contributed by atoms with Crippen LogP contribution in [0.5, 0.6) is 0 Å². The number of amides is 1. The average Bonchev–Trinajstić information content (AvgIpc) is 2.26. The summed E-state index contributed by atoms with van der Waals surface area (Å²) >= 11 is 0. The van der Waals surface area contributed by atoms with Crippen LogP contribution in [0.3, 0.4) is 0 Å². The maximum absolute atomic E-state index is 11.2. The fraction of sp³-hybridized carbons (Fsp3) is 0.417. The van der Waals surface area contributed by atoms with Crippen molar-refractivity contribution in [2.75, 3.05) is 6.54 Å². The van der Waals surface area contributed by atoms with Crippen LogP contribution < -0.4 is 11.1 Å². The van der Waals surface area contributed by atoms with Gasteiger partial charge in [-0.1, -0.05) is 37.3 Å². The van der Waals surface area contributed by atoms with E-state index in [1.807, 2.05) is 18.2 Å². The zero-order chi connectivity index (χ0) is 11.3. The lowest BCUT2D eigenvalue weighted by molar-refractivity contribution is -0.122. The number of hydrogen-bond donors (Lipinski definition) is 2. The second-order valence-corrected chi connectivity index (χ2v) is 3.85. The summed E-state index contributed by atoms with van der Waals surface area (Å²) in [4.78, 5) is 11.2. The third-order valence-corrected chi connectivity index (χ3v) is 2.36. The van der Waals surface area contributed by atoms with Gasteiger partial charge in [0.05, 0.1) is 6.04 Å². The molecule has 0 saturated heterocycles. The molecule has 90 valence electrons. The maximum atomic E-state index is 11.2. The van der Waals surface area contributed by atoms with Gasteiger partial charge in [-0.3, -0.25) is 4.79 Å². The third kappa shape index (κ3) is 4.64. The summed E-state index contributed by atoms with van der Waals surface area (Å²) in [7, 11) is 0. The van der Waals surface area contributed by atoms with Crippen molar-refractivity contribution in [3.63, 3.8) is 0 Å². The van der Waals surface area contributed by atoms with E-state index in [2.05, 4.69) is 24.4 Å². The number of carbonyl (C=O) groups is 1. The van der Waals surface area contributed by atoms with E-state index in [1.165, 1.54) is 5.56 Å². The lowest BCUT2D eigenvalue weighted by Gasteiger charge is -2.14. The number of hydrogen-bond acceptors (Lipinski definition) is 2. The lowest BCUT2D eigenvalue weighted by Crippen LogP contribution is -2.39. The molecule has 1 amide bonds. The van der Waals surface area contributed by atoms with Gasteiger partial charge in [-0.2, -0.15) is 0 Å². The number of benzene rings is 1. The molecule has 0 aliphatic heterocycles. The Labute approximate surface area is 103 Å². The highest BCUT2D eigenvalue weighted by atomic mass is 35.5. The summed E-state index contributed by atoms with van der Waals surface area (Å²) in [5, 5.41) is 2.82. The smallest absolute Gasteiger partial charge is 0.236 e. The van der Waals surface area contributed by atoms with Gasteiger partial charge in [0.1, 0.15) is 0 Å². The van der Waals surface area contributed by atoms with E-state index in [0.717, 1.165) is 0 Å². The third-order valence-electron chi connectivity index (χ3n) is 2.36. The molecule has 1 rings (SSSR count). The van der Waals surface area contributed by atoms with Crippen LogP contribution in [0.15, 0.2) is 30.3 Å². The van der Waals surface area contributed by atoms with Gasteiger partial charge in [-0.05, 0) is 18.4 Å². The van der Waals surface area contributed by atoms with E-state index in [-0.39, 0.29) is 18.3 Å². The number of nitrogens with two attached hydrogens (primary N) is 1. The van der Waals surface area contributed by atoms with E-state index >= 15 is 0 Å². The minimum absolute atomic E-state index is 0. The van der Waals surface area contributed by atoms with Crippen LogP contribution in [0, 0.1) is 0 Å². The van der Waals surface area contributed by atoms with Crippen molar-refractivity contribution in [1.29, 1.82) is 0 Å². The van der Waals surface area contributed by atoms with Crippen LogP contribution >= 0.6 is 12.4 Å². The molecule has 0 aromatic heterocycles. The van der Waals surface area contributed by atoms with Crippen LogP contribution in [0.25, 0.3) is 0 Å². The van der Waals surface area contributed by atoms with E-state index in [4.69, 9.17) is 5.73 Å². The Morgan fingerprint density at radius 2 is 1.88 bits per heavy atom. The highest BCUT2D eigenvalue weighted by Gasteiger charge is 2.09. The molecular weight excluding hydrogens is 224 g/mol. The second-order valence-electron chi connectivity index (χ2n) is 3.85. The number of halogens is 1. The quantitative estimate of drug-likeness (QED) is 0.844. The summed E-state index contributed by atoms with van der Waals surface area (Å²) in [5.41, 5.74) is 6.67. The van der Waals surface area contributed by atoms with Crippen molar-refractivity contribution < 1.29 is 4.79 Å². The molecular formula is C12H19ClN2O. The minimum Gasteiger partial charge on any atom is -0.354 e. The average molecular weight is 243 g/mol. The highest BCUT2D eigenvalue weighted by molar-refractivity contribution is 5.85. The first-order valence-electron chi connectivity index (χ1n) is 5.19. The number of carbonyl (C=O) groups excluding carboxylic acids is 1. The molecule has 3 nitrogen and oxygen atoms in total. The van der Waals surface area contributed by atoms with Crippen molar-refractivity contribution in [2.24, 2.45) is 5.73 Å². The summed E-state index contributed by atoms with van der Waals surface area (Å²) in [6.07, 6.45) is 0. The Morgan fingerprint density at radius 1 is 1.31 bits per heavy atom. The maximum Gasteiger partial charge on any atom is 0.236 e. The number of rotatable bonds is 4. The molecule has 3 N–H and O–H groups in total. The van der Waals surface area contributed by atoms with Gasteiger partial charge in [0.15, 0.2) is 0 Å². The predicted molar refractivity (Wildman–Crippen MR) is 68.8 cm³/mol. The van der Waals surface area contributed by atoms with E-state index in [0.29, 0.717) is 12.5 Å². The minimum atomic E-state index is -0.437. The molecule has 0 bridgehead atoms. The van der Waals surface area contributed by atoms with Crippen molar-refractivity contribution in [1.82, 2.24) is 5.32 Å². The molecule has 1 unspecified atom stereocenters. The first-order chi connectivity index (χ1) is 7.11. The van der Waals surface area contributed by atoms with Crippen molar-refractivity contribution in [3.8, 4) is 0 Å². The van der Waals surface area contributed by atoms with Gasteiger partial charge in [0.2, 0.25) is 5.91 Å². The van der Waals surface area contributed by atoms with E-state index in [9.17, 15) is 4.79 Å². The molecule has 1 aromatic carbocycles. The normalized spacial score (nSPS) is 13.4. The van der Waals surface area contributed by atoms with Crippen LogP contribution in [-0.4, -0.2) is 18.5 Å². The Balaban J connectivity index is 0.00000225. The molecule has 2 atom stereocenters. The van der Waals surface area contributed by atoms with Crippen LogP contribution in [0.1, 0.15) is 25.3 Å². The molecule has 16 heavy (non-hydrogen) atoms. The van der Waals surface area contributed by atoms with Gasteiger partial charge in [0, 0.05) is 6.54 Å². The van der Waals surface area contributed by atoms with Crippen molar-refractivity contribution in [2.45, 2.75) is 25.8 Å². The first-order valence-corrected chi connectivity index (χ1v) is 5.19. The SMILES string of the molecule is CC(CNC(=O)[C@@H](C)N)c1ccccc1.Cl. The Morgan fingerprint density at radius 3 is 2.38 bits per heavy atom. The van der Waals surface area contributed by atoms with Gasteiger partial charge < -0.3 is 11.1 Å². The molecule has 4 heteroatoms. The zero-order valence-electron chi connectivity index (χ0n) is 9.64. The number of nitrogens with one attached hydrogen (secondary N) is 1. The predicted octanol–water partition coefficient (Wildman–Crippen LogP) is 1.68. The van der Waals surface area contributed by atoms with Gasteiger partial charge in [0.25, 0.3) is 0 Å².